The summed E-state index contributed by atoms with van der Waals surface area (Å²) < 4.78 is 4.85. The average molecular weight is 120 g/mol. The molecule has 0 saturated heterocycles. The van der Waals surface area contributed by atoms with Crippen molar-refractivity contribution in [3.63, 3.8) is 0 Å². The van der Waals surface area contributed by atoms with Gasteiger partial charge in [0.05, 0.1) is 6.10 Å². The summed E-state index contributed by atoms with van der Waals surface area (Å²) in [6.07, 6.45) is 0.886. The first kappa shape index (κ1) is 7.88. The number of ether oxygens (including phenoxy) is 1. The zero-order chi connectivity index (χ0) is 6.41. The second kappa shape index (κ2) is 5.03. The lowest BCUT2D eigenvalue weighted by molar-refractivity contribution is -0.258. The first-order valence-corrected chi connectivity index (χ1v) is 2.64. The minimum absolute atomic E-state index is 0.0278. The average Bonchev–Trinajstić information content (AvgIpc) is 1.83. The zero-order valence-corrected chi connectivity index (χ0v) is 5.26. The molecule has 8 heavy (non-hydrogen) atoms. The third kappa shape index (κ3) is 2.96. The van der Waals surface area contributed by atoms with Crippen LogP contribution >= 0.6 is 0 Å². The molecule has 0 aromatic heterocycles. The zero-order valence-electron chi connectivity index (χ0n) is 5.26. The van der Waals surface area contributed by atoms with E-state index in [1.807, 2.05) is 6.92 Å². The maximum Gasteiger partial charge on any atom is 0.108 e. The monoisotopic (exact) mass is 120 g/mol. The van der Waals surface area contributed by atoms with Crippen molar-refractivity contribution in [3.05, 3.63) is 0 Å². The molecule has 3 heteroatoms. The number of methoxy groups -OCH3 is 1. The Morgan fingerprint density at radius 1 is 1.62 bits per heavy atom. The van der Waals surface area contributed by atoms with E-state index in [4.69, 9.17) is 9.99 Å². The molecular formula is C5H12O3. The lowest BCUT2D eigenvalue weighted by Gasteiger charge is -2.08. The van der Waals surface area contributed by atoms with Crippen LogP contribution in [0.4, 0.5) is 0 Å². The lowest BCUT2D eigenvalue weighted by Crippen LogP contribution is -2.15. The predicted molar refractivity (Wildman–Crippen MR) is 29.7 cm³/mol. The van der Waals surface area contributed by atoms with Crippen LogP contribution in [0.1, 0.15) is 13.3 Å². The summed E-state index contributed by atoms with van der Waals surface area (Å²) in [5.41, 5.74) is 0. The van der Waals surface area contributed by atoms with Gasteiger partial charge in [-0.1, -0.05) is 6.92 Å². The molecule has 0 aliphatic heterocycles. The molecule has 0 aliphatic carbocycles. The minimum atomic E-state index is 0.0278. The van der Waals surface area contributed by atoms with Crippen LogP contribution in [0.15, 0.2) is 0 Å². The topological polar surface area (TPSA) is 38.7 Å². The van der Waals surface area contributed by atoms with Gasteiger partial charge in [-0.05, 0) is 6.42 Å². The van der Waals surface area contributed by atoms with E-state index in [-0.39, 0.29) is 12.7 Å². The van der Waals surface area contributed by atoms with Crippen LogP contribution in [-0.4, -0.2) is 25.1 Å². The summed E-state index contributed by atoms with van der Waals surface area (Å²) in [6.45, 7) is 2.22. The molecule has 0 radical (unpaired) electrons. The van der Waals surface area contributed by atoms with Gasteiger partial charge in [-0.3, -0.25) is 5.26 Å². The molecule has 0 heterocycles. The SMILES string of the molecule is CCC(COO)OC. The standard InChI is InChI=1S/C5H12O3/c1-3-5(7-2)4-8-6/h5-6H,3-4H2,1-2H3. The fraction of sp³-hybridized carbons (Fsp3) is 1.00. The first-order valence-electron chi connectivity index (χ1n) is 2.64. The van der Waals surface area contributed by atoms with E-state index in [9.17, 15) is 0 Å². The predicted octanol–water partition coefficient (Wildman–Crippen LogP) is 0.901. The maximum absolute atomic E-state index is 7.92. The molecule has 0 rings (SSSR count). The largest absolute Gasteiger partial charge is 0.379 e. The van der Waals surface area contributed by atoms with E-state index >= 15 is 0 Å². The van der Waals surface area contributed by atoms with Crippen molar-refractivity contribution in [2.24, 2.45) is 0 Å². The summed E-state index contributed by atoms with van der Waals surface area (Å²) in [5, 5.41) is 7.92. The number of rotatable bonds is 4. The normalized spacial score (nSPS) is 13.9. The van der Waals surface area contributed by atoms with Crippen molar-refractivity contribution in [2.75, 3.05) is 13.7 Å². The van der Waals surface area contributed by atoms with E-state index in [1.54, 1.807) is 7.11 Å². The van der Waals surface area contributed by atoms with Crippen molar-refractivity contribution in [1.82, 2.24) is 0 Å². The minimum Gasteiger partial charge on any atom is -0.379 e. The molecule has 0 spiro atoms. The van der Waals surface area contributed by atoms with Crippen LogP contribution in [0.3, 0.4) is 0 Å². The van der Waals surface area contributed by atoms with Crippen LogP contribution in [-0.2, 0) is 9.62 Å². The fourth-order valence-corrected chi connectivity index (χ4v) is 0.436. The molecule has 1 unspecified atom stereocenters. The molecule has 0 saturated carbocycles. The van der Waals surface area contributed by atoms with Gasteiger partial charge in [-0.25, -0.2) is 4.89 Å². The molecule has 0 fully saturated rings. The van der Waals surface area contributed by atoms with Crippen molar-refractivity contribution in [2.45, 2.75) is 19.4 Å². The highest BCUT2D eigenvalue weighted by Crippen LogP contribution is 1.94. The van der Waals surface area contributed by atoms with Gasteiger partial charge in [-0.2, -0.15) is 0 Å². The highest BCUT2D eigenvalue weighted by Gasteiger charge is 2.01. The van der Waals surface area contributed by atoms with Gasteiger partial charge in [0.2, 0.25) is 0 Å². The van der Waals surface area contributed by atoms with Gasteiger partial charge in [0.25, 0.3) is 0 Å². The van der Waals surface area contributed by atoms with E-state index in [0.717, 1.165) is 6.42 Å². The van der Waals surface area contributed by atoms with Gasteiger partial charge in [0, 0.05) is 7.11 Å². The Bertz CT molecular complexity index is 42.9. The fourth-order valence-electron chi connectivity index (χ4n) is 0.436. The third-order valence-electron chi connectivity index (χ3n) is 1.05. The summed E-state index contributed by atoms with van der Waals surface area (Å²) in [4.78, 5) is 3.86. The second-order valence-electron chi connectivity index (χ2n) is 1.56. The third-order valence-corrected chi connectivity index (χ3v) is 1.05. The first-order chi connectivity index (χ1) is 3.85. The van der Waals surface area contributed by atoms with Gasteiger partial charge in [0.15, 0.2) is 0 Å². The molecule has 1 N–H and O–H groups in total. The Hall–Kier alpha value is -0.120. The van der Waals surface area contributed by atoms with Gasteiger partial charge < -0.3 is 4.74 Å². The highest BCUT2D eigenvalue weighted by molar-refractivity contribution is 4.48. The van der Waals surface area contributed by atoms with Gasteiger partial charge in [0.1, 0.15) is 6.61 Å². The van der Waals surface area contributed by atoms with E-state index in [1.165, 1.54) is 0 Å². The highest BCUT2D eigenvalue weighted by atomic mass is 17.1. The Labute approximate surface area is 49.1 Å². The number of hydrogen-bond donors (Lipinski definition) is 1. The molecule has 3 nitrogen and oxygen atoms in total. The smallest absolute Gasteiger partial charge is 0.108 e. The lowest BCUT2D eigenvalue weighted by atomic mass is 10.3. The summed E-state index contributed by atoms with van der Waals surface area (Å²) in [7, 11) is 1.59. The Morgan fingerprint density at radius 3 is 2.38 bits per heavy atom. The summed E-state index contributed by atoms with van der Waals surface area (Å²) in [6, 6.07) is 0. The molecule has 0 aromatic carbocycles. The van der Waals surface area contributed by atoms with Crippen LogP contribution in [0.5, 0.6) is 0 Å². The maximum atomic E-state index is 7.92. The molecule has 50 valence electrons. The molecule has 1 atom stereocenters. The Balaban J connectivity index is 3.07. The molecule has 0 amide bonds. The van der Waals surface area contributed by atoms with Crippen molar-refractivity contribution in [3.8, 4) is 0 Å². The Morgan fingerprint density at radius 2 is 2.25 bits per heavy atom. The Kier molecular flexibility index (Phi) is 4.95. The quantitative estimate of drug-likeness (QED) is 0.442. The molecular weight excluding hydrogens is 108 g/mol. The molecule has 0 aromatic rings. The van der Waals surface area contributed by atoms with Crippen LogP contribution in [0.2, 0.25) is 0 Å². The summed E-state index contributed by atoms with van der Waals surface area (Å²) in [5.74, 6) is 0. The van der Waals surface area contributed by atoms with Crippen LogP contribution in [0.25, 0.3) is 0 Å². The van der Waals surface area contributed by atoms with Crippen LogP contribution < -0.4 is 0 Å². The molecule has 0 aliphatic rings. The second-order valence-corrected chi connectivity index (χ2v) is 1.56. The van der Waals surface area contributed by atoms with Crippen molar-refractivity contribution >= 4 is 0 Å². The number of hydrogen-bond acceptors (Lipinski definition) is 3. The van der Waals surface area contributed by atoms with Crippen LogP contribution in [0, 0.1) is 0 Å². The molecule has 0 bridgehead atoms. The van der Waals surface area contributed by atoms with Gasteiger partial charge in [-0.15, -0.1) is 0 Å². The van der Waals surface area contributed by atoms with E-state index in [0.29, 0.717) is 0 Å². The van der Waals surface area contributed by atoms with Crippen molar-refractivity contribution < 1.29 is 14.9 Å². The van der Waals surface area contributed by atoms with Gasteiger partial charge >= 0.3 is 0 Å². The van der Waals surface area contributed by atoms with Crippen molar-refractivity contribution in [1.29, 1.82) is 0 Å². The summed E-state index contributed by atoms with van der Waals surface area (Å²) >= 11 is 0. The van der Waals surface area contributed by atoms with E-state index < -0.39 is 0 Å². The van der Waals surface area contributed by atoms with E-state index in [2.05, 4.69) is 4.89 Å².